The van der Waals surface area contributed by atoms with Gasteiger partial charge in [-0.2, -0.15) is 4.57 Å². The summed E-state index contributed by atoms with van der Waals surface area (Å²) in [4.78, 5) is 0.819. The number of aromatic nitrogens is 1. The van der Waals surface area contributed by atoms with Gasteiger partial charge in [0.15, 0.2) is 17.4 Å². The van der Waals surface area contributed by atoms with E-state index in [9.17, 15) is 5.11 Å². The van der Waals surface area contributed by atoms with E-state index >= 15 is 0 Å². The fourth-order valence-corrected chi connectivity index (χ4v) is 3.69. The maximum Gasteiger partial charge on any atom is 0.239 e. The minimum atomic E-state index is -0.201. The second-order valence-corrected chi connectivity index (χ2v) is 7.59. The second-order valence-electron chi connectivity index (χ2n) is 5.03. The Hall–Kier alpha value is -1.92. The van der Waals surface area contributed by atoms with E-state index < -0.39 is 0 Å². The van der Waals surface area contributed by atoms with Crippen molar-refractivity contribution in [3.05, 3.63) is 81.2 Å². The van der Waals surface area contributed by atoms with E-state index in [1.54, 1.807) is 41.2 Å². The van der Waals surface area contributed by atoms with Crippen LogP contribution in [0.5, 0.6) is 0 Å². The first-order valence-corrected chi connectivity index (χ1v) is 9.23. The predicted molar refractivity (Wildman–Crippen MR) is 107 cm³/mol. The van der Waals surface area contributed by atoms with Crippen molar-refractivity contribution in [2.24, 2.45) is 0 Å². The van der Waals surface area contributed by atoms with Gasteiger partial charge in [0.05, 0.1) is 4.34 Å². The molecule has 25 heavy (non-hydrogen) atoms. The maximum absolute atomic E-state index is 13.0. The number of rotatable bonds is 4. The van der Waals surface area contributed by atoms with Gasteiger partial charge in [0.25, 0.3) is 0 Å². The molecule has 0 fully saturated rings. The van der Waals surface area contributed by atoms with E-state index in [-0.39, 0.29) is 5.76 Å². The molecular weight excluding hydrogens is 395 g/mol. The molecule has 0 unspecified atom stereocenters. The zero-order valence-corrected chi connectivity index (χ0v) is 15.9. The summed E-state index contributed by atoms with van der Waals surface area (Å²) in [6, 6.07) is 16.1. The van der Waals surface area contributed by atoms with Gasteiger partial charge < -0.3 is 10.4 Å². The molecule has 0 saturated heterocycles. The highest BCUT2D eigenvalue weighted by Crippen LogP contribution is 2.27. The van der Waals surface area contributed by atoms with Crippen LogP contribution < -0.4 is 15.0 Å². The molecule has 2 heterocycles. The summed E-state index contributed by atoms with van der Waals surface area (Å²) in [6.07, 6.45) is 3.54. The molecule has 0 aliphatic heterocycles. The highest BCUT2D eigenvalue weighted by molar-refractivity contribution is 7.81. The van der Waals surface area contributed by atoms with Crippen molar-refractivity contribution in [1.82, 2.24) is 0 Å². The number of hydrogen-bond donors (Lipinski definition) is 1. The quantitative estimate of drug-likeness (QED) is 0.300. The van der Waals surface area contributed by atoms with Gasteiger partial charge in [-0.05, 0) is 36.1 Å². The number of pyridine rings is 1. The number of halogens is 2. The van der Waals surface area contributed by atoms with Crippen LogP contribution in [-0.2, 0) is 0 Å². The van der Waals surface area contributed by atoms with Crippen LogP contribution in [0.15, 0.2) is 67.0 Å². The van der Waals surface area contributed by atoms with Crippen LogP contribution in [0, 0.1) is 0 Å². The Morgan fingerprint density at radius 2 is 1.80 bits per heavy atom. The molecule has 3 nitrogen and oxygen atoms in total. The molecule has 1 aromatic carbocycles. The van der Waals surface area contributed by atoms with Crippen LogP contribution in [0.2, 0.25) is 9.36 Å². The molecule has 1 N–H and O–H groups in total. The molecule has 126 valence electrons. The second kappa shape index (κ2) is 7.97. The number of nitrogens with zero attached hydrogens (tertiary/aromatic N) is 1. The number of hydrogen-bond acceptors (Lipinski definition) is 3. The van der Waals surface area contributed by atoms with Crippen LogP contribution in [0.3, 0.4) is 0 Å². The largest absolute Gasteiger partial charge is 0.867 e. The van der Waals surface area contributed by atoms with Crippen molar-refractivity contribution in [2.75, 3.05) is 5.32 Å². The molecule has 3 rings (SSSR count). The lowest BCUT2D eigenvalue weighted by molar-refractivity contribution is -0.577. The molecule has 3 aromatic rings. The molecule has 0 aliphatic carbocycles. The summed E-state index contributed by atoms with van der Waals surface area (Å²) < 4.78 is 2.24. The first-order valence-electron chi connectivity index (χ1n) is 7.25. The van der Waals surface area contributed by atoms with E-state index in [1.165, 1.54) is 11.3 Å². The Morgan fingerprint density at radius 3 is 2.44 bits per heavy atom. The maximum atomic E-state index is 13.0. The SMILES string of the molecule is [O-]C(=C(C(=S)Nc1cccc(Cl)c1)[n+]1ccccc1)c1ccc(Cl)s1. The number of thiocarbonyl (C=S) groups is 1. The van der Waals surface area contributed by atoms with Crippen LogP contribution in [0.1, 0.15) is 4.88 Å². The van der Waals surface area contributed by atoms with E-state index in [2.05, 4.69) is 5.32 Å². The molecule has 0 spiro atoms. The Bertz CT molecular complexity index is 939. The zero-order valence-electron chi connectivity index (χ0n) is 12.8. The third-order valence-electron chi connectivity index (χ3n) is 3.28. The molecule has 2 aromatic heterocycles. The van der Waals surface area contributed by atoms with E-state index in [0.717, 1.165) is 0 Å². The normalized spacial score (nSPS) is 11.8. The summed E-state index contributed by atoms with van der Waals surface area (Å²) >= 11 is 18.7. The van der Waals surface area contributed by atoms with Crippen molar-refractivity contribution >= 4 is 68.9 Å². The minimum Gasteiger partial charge on any atom is -0.867 e. The molecule has 7 heteroatoms. The minimum absolute atomic E-state index is 0.201. The standard InChI is InChI=1S/C18H12Cl2N2OS2/c19-12-5-4-6-13(11-12)21-18(24)16(22-9-2-1-3-10-22)17(23)14-7-8-15(20)25-14/h1-11H,(H-,21,23,24). The molecule has 0 bridgehead atoms. The van der Waals surface area contributed by atoms with Crippen molar-refractivity contribution < 1.29 is 9.67 Å². The Kier molecular flexibility index (Phi) is 5.71. The Labute approximate surface area is 164 Å². The van der Waals surface area contributed by atoms with Crippen LogP contribution in [0.4, 0.5) is 5.69 Å². The molecular formula is C18H12Cl2N2OS2. The fraction of sp³-hybridized carbons (Fsp3) is 0. The molecule has 0 radical (unpaired) electrons. The fourth-order valence-electron chi connectivity index (χ4n) is 2.19. The van der Waals surface area contributed by atoms with Crippen molar-refractivity contribution in [2.45, 2.75) is 0 Å². The zero-order chi connectivity index (χ0) is 17.8. The van der Waals surface area contributed by atoms with Gasteiger partial charge >= 0.3 is 0 Å². The first kappa shape index (κ1) is 17.9. The lowest BCUT2D eigenvalue weighted by Crippen LogP contribution is -2.39. The lowest BCUT2D eigenvalue weighted by Gasteiger charge is -2.15. The van der Waals surface area contributed by atoms with Gasteiger partial charge in [-0.15, -0.1) is 11.3 Å². The third kappa shape index (κ3) is 4.38. The lowest BCUT2D eigenvalue weighted by atomic mass is 10.2. The predicted octanol–water partition coefficient (Wildman–Crippen LogP) is 4.47. The average molecular weight is 407 g/mol. The summed E-state index contributed by atoms with van der Waals surface area (Å²) in [7, 11) is 0. The topological polar surface area (TPSA) is 39.0 Å². The third-order valence-corrected chi connectivity index (χ3v) is 5.04. The molecule has 0 atom stereocenters. The van der Waals surface area contributed by atoms with Crippen molar-refractivity contribution in [3.63, 3.8) is 0 Å². The van der Waals surface area contributed by atoms with Gasteiger partial charge in [-0.25, -0.2) is 0 Å². The molecule has 0 saturated carbocycles. The average Bonchev–Trinajstić information content (AvgIpc) is 3.02. The van der Waals surface area contributed by atoms with Crippen LogP contribution in [0.25, 0.3) is 11.5 Å². The van der Waals surface area contributed by atoms with Gasteiger partial charge in [-0.1, -0.05) is 47.6 Å². The molecule has 0 aliphatic rings. The van der Waals surface area contributed by atoms with Crippen molar-refractivity contribution in [3.8, 4) is 0 Å². The van der Waals surface area contributed by atoms with Crippen molar-refractivity contribution in [1.29, 1.82) is 0 Å². The van der Waals surface area contributed by atoms with Gasteiger partial charge in [0.2, 0.25) is 5.70 Å². The Balaban J connectivity index is 2.04. The number of thiophene rings is 1. The molecule has 0 amide bonds. The van der Waals surface area contributed by atoms with E-state index in [1.807, 2.05) is 30.3 Å². The summed E-state index contributed by atoms with van der Waals surface area (Å²) in [5.74, 6) is -0.201. The van der Waals surface area contributed by atoms with Gasteiger partial charge in [0.1, 0.15) is 0 Å². The number of anilines is 1. The number of benzene rings is 1. The summed E-state index contributed by atoms with van der Waals surface area (Å²) in [6.45, 7) is 0. The van der Waals surface area contributed by atoms with Crippen LogP contribution in [-0.4, -0.2) is 4.99 Å². The van der Waals surface area contributed by atoms with Gasteiger partial charge in [-0.3, -0.25) is 0 Å². The highest BCUT2D eigenvalue weighted by atomic mass is 35.5. The van der Waals surface area contributed by atoms with Gasteiger partial charge in [0, 0.05) is 27.7 Å². The highest BCUT2D eigenvalue weighted by Gasteiger charge is 2.19. The smallest absolute Gasteiger partial charge is 0.239 e. The number of nitrogens with one attached hydrogen (secondary N) is 1. The van der Waals surface area contributed by atoms with E-state index in [4.69, 9.17) is 35.4 Å². The Morgan fingerprint density at radius 1 is 1.04 bits per heavy atom. The summed E-state index contributed by atoms with van der Waals surface area (Å²) in [5.41, 5.74) is 1.05. The first-order chi connectivity index (χ1) is 12.0. The monoisotopic (exact) mass is 406 g/mol. The van der Waals surface area contributed by atoms with Crippen LogP contribution >= 0.6 is 46.8 Å². The van der Waals surface area contributed by atoms with E-state index in [0.29, 0.717) is 30.6 Å². The summed E-state index contributed by atoms with van der Waals surface area (Å²) in [5, 5.41) is 16.7.